The fourth-order valence-electron chi connectivity index (χ4n) is 8.89. The van der Waals surface area contributed by atoms with Crippen molar-refractivity contribution >= 4 is 11.8 Å². The zero-order chi connectivity index (χ0) is 24.9. The molecule has 0 aliphatic heterocycles. The predicted molar refractivity (Wildman–Crippen MR) is 133 cm³/mol. The van der Waals surface area contributed by atoms with Crippen molar-refractivity contribution in [3.05, 3.63) is 46.3 Å². The van der Waals surface area contributed by atoms with Crippen molar-refractivity contribution in [1.82, 2.24) is 0 Å². The molecule has 6 atom stereocenters. The van der Waals surface area contributed by atoms with E-state index in [2.05, 4.69) is 46.8 Å². The number of methoxy groups -OCH3 is 1. The van der Waals surface area contributed by atoms with Crippen LogP contribution in [0, 0.1) is 33.0 Å². The highest BCUT2D eigenvalue weighted by Gasteiger charge is 2.67. The maximum absolute atomic E-state index is 12.8. The number of carbonyl (C=O) groups excluding carboxylic acids is 2. The van der Waals surface area contributed by atoms with E-state index in [1.54, 1.807) is 6.08 Å². The van der Waals surface area contributed by atoms with Gasteiger partial charge in [-0.2, -0.15) is 0 Å². The van der Waals surface area contributed by atoms with Crippen molar-refractivity contribution in [2.45, 2.75) is 86.5 Å². The highest BCUT2D eigenvalue weighted by atomic mass is 16.5. The van der Waals surface area contributed by atoms with E-state index in [9.17, 15) is 14.7 Å². The van der Waals surface area contributed by atoms with Crippen LogP contribution in [0.5, 0.6) is 0 Å². The molecule has 0 amide bonds. The minimum atomic E-state index is -0.424. The Balaban J connectivity index is 1.63. The highest BCUT2D eigenvalue weighted by Crippen LogP contribution is 2.75. The molecule has 3 fully saturated rings. The fraction of sp³-hybridized carbons (Fsp3) is 0.667. The Kier molecular flexibility index (Phi) is 4.85. The van der Waals surface area contributed by atoms with Gasteiger partial charge in [0.1, 0.15) is 0 Å². The monoisotopic (exact) mass is 464 g/mol. The minimum absolute atomic E-state index is 0.0262. The summed E-state index contributed by atoms with van der Waals surface area (Å²) in [6.45, 7) is 13.7. The lowest BCUT2D eigenvalue weighted by molar-refractivity contribution is -0.180. The lowest BCUT2D eigenvalue weighted by Crippen LogP contribution is -2.62. The summed E-state index contributed by atoms with van der Waals surface area (Å²) in [5.41, 5.74) is 3.82. The summed E-state index contributed by atoms with van der Waals surface area (Å²) in [7, 11) is 1.52. The van der Waals surface area contributed by atoms with Gasteiger partial charge in [-0.05, 0) is 98.2 Å². The van der Waals surface area contributed by atoms with Crippen molar-refractivity contribution < 1.29 is 19.4 Å². The lowest BCUT2D eigenvalue weighted by atomic mass is 9.34. The number of fused-ring (bicyclic) bond motifs is 7. The van der Waals surface area contributed by atoms with Gasteiger partial charge in [0.25, 0.3) is 0 Å². The molecule has 4 heteroatoms. The largest absolute Gasteiger partial charge is 0.504 e. The van der Waals surface area contributed by atoms with Crippen LogP contribution >= 0.6 is 0 Å². The van der Waals surface area contributed by atoms with E-state index in [0.29, 0.717) is 11.5 Å². The van der Waals surface area contributed by atoms with E-state index in [0.717, 1.165) is 56.1 Å². The van der Waals surface area contributed by atoms with Gasteiger partial charge in [-0.3, -0.25) is 9.59 Å². The molecule has 0 saturated heterocycles. The molecule has 1 N–H and O–H groups in total. The fourth-order valence-corrected chi connectivity index (χ4v) is 8.89. The molecule has 0 aromatic heterocycles. The average molecular weight is 465 g/mol. The van der Waals surface area contributed by atoms with Gasteiger partial charge < -0.3 is 9.84 Å². The van der Waals surface area contributed by atoms with Gasteiger partial charge in [-0.1, -0.05) is 45.4 Å². The molecule has 0 unspecified atom stereocenters. The molecule has 0 aromatic carbocycles. The summed E-state index contributed by atoms with van der Waals surface area (Å²) in [5.74, 6) is -0.0356. The van der Waals surface area contributed by atoms with Gasteiger partial charge in [-0.15, -0.1) is 0 Å². The smallest absolute Gasteiger partial charge is 0.311 e. The van der Waals surface area contributed by atoms with Gasteiger partial charge in [0.05, 0.1) is 12.5 Å². The van der Waals surface area contributed by atoms with Crippen LogP contribution in [0.2, 0.25) is 0 Å². The third-order valence-corrected chi connectivity index (χ3v) is 11.6. The third-order valence-electron chi connectivity index (χ3n) is 11.6. The highest BCUT2D eigenvalue weighted by molar-refractivity contribution is 6.06. The van der Waals surface area contributed by atoms with Crippen LogP contribution in [-0.4, -0.2) is 24.0 Å². The molecule has 34 heavy (non-hydrogen) atoms. The first kappa shape index (κ1) is 23.6. The average Bonchev–Trinajstić information content (AvgIpc) is 2.80. The summed E-state index contributed by atoms with van der Waals surface area (Å²) < 4.78 is 5.27. The van der Waals surface area contributed by atoms with Crippen LogP contribution in [0.1, 0.15) is 86.5 Å². The Morgan fingerprint density at radius 2 is 1.68 bits per heavy atom. The molecule has 5 aliphatic rings. The number of allylic oxidation sites excluding steroid dienone is 7. The summed E-state index contributed by atoms with van der Waals surface area (Å²) in [6.07, 6.45) is 13.3. The number of carbonyl (C=O) groups is 2. The number of esters is 1. The quantitative estimate of drug-likeness (QED) is 0.434. The second-order valence-electron chi connectivity index (χ2n) is 13.1. The first-order chi connectivity index (χ1) is 15.8. The summed E-state index contributed by atoms with van der Waals surface area (Å²) in [5, 5.41) is 10.3. The minimum Gasteiger partial charge on any atom is -0.504 e. The zero-order valence-corrected chi connectivity index (χ0v) is 21.9. The van der Waals surface area contributed by atoms with Gasteiger partial charge >= 0.3 is 5.97 Å². The van der Waals surface area contributed by atoms with E-state index in [-0.39, 0.29) is 39.2 Å². The maximum Gasteiger partial charge on any atom is 0.311 e. The van der Waals surface area contributed by atoms with Crippen LogP contribution in [0.4, 0.5) is 0 Å². The molecule has 5 aliphatic carbocycles. The van der Waals surface area contributed by atoms with E-state index >= 15 is 0 Å². The molecule has 184 valence electrons. The maximum atomic E-state index is 12.8. The number of aliphatic hydroxyl groups is 1. The molecular weight excluding hydrogens is 424 g/mol. The van der Waals surface area contributed by atoms with E-state index in [4.69, 9.17) is 4.74 Å². The first-order valence-corrected chi connectivity index (χ1v) is 12.9. The Hall–Kier alpha value is -2.10. The number of hydrogen-bond donors (Lipinski definition) is 1. The summed E-state index contributed by atoms with van der Waals surface area (Å²) >= 11 is 0. The van der Waals surface area contributed by atoms with Crippen LogP contribution in [-0.2, 0) is 14.3 Å². The Bertz CT molecular complexity index is 1120. The number of aliphatic hydroxyl groups excluding tert-OH is 1. The molecule has 0 heterocycles. The molecule has 0 bridgehead atoms. The predicted octanol–water partition coefficient (Wildman–Crippen LogP) is 6.79. The Labute approximate surface area is 204 Å². The Morgan fingerprint density at radius 3 is 2.35 bits per heavy atom. The molecule has 0 spiro atoms. The topological polar surface area (TPSA) is 63.6 Å². The SMILES string of the molecule is COC(=O)[C@@]1(C)CC[C@]2(C)CC[C@@]3(C)C4=CC=C5C(=CC(=O)C(O)=C5C)[C@]4(C)CC[C@@]3(C)[C@@H]2C1. The van der Waals surface area contributed by atoms with E-state index in [1.165, 1.54) is 12.7 Å². The van der Waals surface area contributed by atoms with Gasteiger partial charge in [0, 0.05) is 11.0 Å². The zero-order valence-electron chi connectivity index (χ0n) is 21.9. The molecule has 3 saturated carbocycles. The molecule has 4 nitrogen and oxygen atoms in total. The second kappa shape index (κ2) is 6.98. The van der Waals surface area contributed by atoms with E-state index < -0.39 is 5.41 Å². The van der Waals surface area contributed by atoms with E-state index in [1.807, 2.05) is 6.92 Å². The van der Waals surface area contributed by atoms with Crippen LogP contribution in [0.15, 0.2) is 46.3 Å². The van der Waals surface area contributed by atoms with Crippen molar-refractivity contribution in [2.24, 2.45) is 33.0 Å². The number of hydrogen-bond acceptors (Lipinski definition) is 4. The van der Waals surface area contributed by atoms with Gasteiger partial charge in [0.2, 0.25) is 5.78 Å². The number of rotatable bonds is 1. The lowest BCUT2D eigenvalue weighted by Gasteiger charge is -2.70. The van der Waals surface area contributed by atoms with Crippen LogP contribution in [0.3, 0.4) is 0 Å². The standard InChI is InChI=1S/C30H40O4/c1-18-19-8-9-22-28(4,20(19)16-21(31)24(18)32)13-15-30(6)23-17-27(3,25(33)34-7)11-10-26(23,2)12-14-29(22,30)5/h8-9,16,23,32H,10-15,17H2,1-7H3/t23-,26-,27+,28+,29+,30+/m1/s1. The third kappa shape index (κ3) is 2.72. The first-order valence-electron chi connectivity index (χ1n) is 12.9. The van der Waals surface area contributed by atoms with Gasteiger partial charge in [-0.25, -0.2) is 0 Å². The number of ether oxygens (including phenoxy) is 1. The molecular formula is C30H40O4. The van der Waals surface area contributed by atoms with Crippen molar-refractivity contribution in [2.75, 3.05) is 7.11 Å². The van der Waals surface area contributed by atoms with Crippen molar-refractivity contribution in [3.63, 3.8) is 0 Å². The Morgan fingerprint density at radius 1 is 1.00 bits per heavy atom. The van der Waals surface area contributed by atoms with Crippen molar-refractivity contribution in [1.29, 1.82) is 0 Å². The molecule has 0 aromatic rings. The summed E-state index contributed by atoms with van der Waals surface area (Å²) in [6, 6.07) is 0. The molecule has 5 rings (SSSR count). The van der Waals surface area contributed by atoms with Crippen LogP contribution in [0.25, 0.3) is 0 Å². The normalized spacial score (nSPS) is 45.7. The number of ketones is 1. The second-order valence-corrected chi connectivity index (χ2v) is 13.1. The van der Waals surface area contributed by atoms with Crippen molar-refractivity contribution in [3.8, 4) is 0 Å². The van der Waals surface area contributed by atoms with Crippen LogP contribution < -0.4 is 0 Å². The summed E-state index contributed by atoms with van der Waals surface area (Å²) in [4.78, 5) is 25.5. The van der Waals surface area contributed by atoms with Gasteiger partial charge in [0.15, 0.2) is 5.76 Å². The molecule has 0 radical (unpaired) electrons.